The fourth-order valence-electron chi connectivity index (χ4n) is 4.39. The minimum Gasteiger partial charge on any atom is -0.496 e. The van der Waals surface area contributed by atoms with E-state index in [1.807, 2.05) is 50.2 Å². The molecule has 7 nitrogen and oxygen atoms in total. The number of methoxy groups -OCH3 is 1. The van der Waals surface area contributed by atoms with Crippen molar-refractivity contribution in [3.8, 4) is 33.9 Å². The Bertz CT molecular complexity index is 1660. The van der Waals surface area contributed by atoms with E-state index in [9.17, 15) is 9.90 Å². The van der Waals surface area contributed by atoms with Gasteiger partial charge in [-0.25, -0.2) is 9.78 Å². The van der Waals surface area contributed by atoms with Crippen LogP contribution in [0, 0.1) is 0 Å². The van der Waals surface area contributed by atoms with Gasteiger partial charge in [0.25, 0.3) is 0 Å². The minimum absolute atomic E-state index is 0.0676. The molecule has 0 atom stereocenters. The Kier molecular flexibility index (Phi) is 7.46. The molecule has 3 aromatic carbocycles. The van der Waals surface area contributed by atoms with Crippen molar-refractivity contribution in [2.75, 3.05) is 7.11 Å². The zero-order chi connectivity index (χ0) is 27.7. The molecule has 0 fully saturated rings. The van der Waals surface area contributed by atoms with E-state index < -0.39 is 5.97 Å². The Hall–Kier alpha value is -4.07. The summed E-state index contributed by atoms with van der Waals surface area (Å²) in [6, 6.07) is 20.0. The first-order valence-electron chi connectivity index (χ1n) is 12.1. The predicted octanol–water partition coefficient (Wildman–Crippen LogP) is 8.27. The number of hydrogen-bond donors (Lipinski definition) is 1. The summed E-state index contributed by atoms with van der Waals surface area (Å²) in [6.07, 6.45) is 0. The topological polar surface area (TPSA) is 94.7 Å². The molecule has 0 bridgehead atoms. The molecule has 0 saturated heterocycles. The first-order valence-corrected chi connectivity index (χ1v) is 12.9. The van der Waals surface area contributed by atoms with Crippen molar-refractivity contribution in [3.63, 3.8) is 0 Å². The summed E-state index contributed by atoms with van der Waals surface area (Å²) in [5.41, 5.74) is 4.32. The van der Waals surface area contributed by atoms with Crippen LogP contribution < -0.4 is 9.47 Å². The highest BCUT2D eigenvalue weighted by Gasteiger charge is 2.24. The molecule has 0 aliphatic heterocycles. The van der Waals surface area contributed by atoms with Gasteiger partial charge in [-0.2, -0.15) is 0 Å². The summed E-state index contributed by atoms with van der Waals surface area (Å²) in [7, 11) is 1.50. The van der Waals surface area contributed by atoms with Crippen LogP contribution in [0.4, 0.5) is 0 Å². The van der Waals surface area contributed by atoms with Gasteiger partial charge in [-0.3, -0.25) is 0 Å². The second-order valence-corrected chi connectivity index (χ2v) is 10.00. The molecule has 0 aliphatic carbocycles. The number of halogens is 2. The smallest absolute Gasteiger partial charge is 0.354 e. The van der Waals surface area contributed by atoms with E-state index in [-0.39, 0.29) is 18.2 Å². The number of aromatic nitrogens is 2. The van der Waals surface area contributed by atoms with E-state index in [1.54, 1.807) is 24.3 Å². The van der Waals surface area contributed by atoms with E-state index in [1.165, 1.54) is 13.2 Å². The molecular formula is C30H24Cl2N2O5. The molecule has 5 rings (SSSR count). The number of rotatable bonds is 8. The quantitative estimate of drug-likeness (QED) is 0.203. The molecular weight excluding hydrogens is 539 g/mol. The fraction of sp³-hybridized carbons (Fsp3) is 0.167. The summed E-state index contributed by atoms with van der Waals surface area (Å²) >= 11 is 12.9. The van der Waals surface area contributed by atoms with Crippen LogP contribution in [0.15, 0.2) is 71.3 Å². The van der Waals surface area contributed by atoms with Crippen molar-refractivity contribution in [2.45, 2.75) is 26.4 Å². The van der Waals surface area contributed by atoms with E-state index >= 15 is 0 Å². The molecule has 1 N–H and O–H groups in total. The van der Waals surface area contributed by atoms with E-state index in [0.717, 1.165) is 22.1 Å². The van der Waals surface area contributed by atoms with Crippen molar-refractivity contribution in [3.05, 3.63) is 93.8 Å². The summed E-state index contributed by atoms with van der Waals surface area (Å²) in [4.78, 5) is 15.6. The molecule has 0 radical (unpaired) electrons. The molecule has 0 saturated carbocycles. The molecule has 0 spiro atoms. The Balaban J connectivity index is 1.41. The summed E-state index contributed by atoms with van der Waals surface area (Å²) in [5, 5.41) is 15.3. The van der Waals surface area contributed by atoms with Crippen LogP contribution in [0.5, 0.6) is 11.5 Å². The first-order chi connectivity index (χ1) is 18.8. The summed E-state index contributed by atoms with van der Waals surface area (Å²) in [5.74, 6) is 0.797. The minimum atomic E-state index is -1.11. The van der Waals surface area contributed by atoms with Gasteiger partial charge in [0.05, 0.1) is 28.2 Å². The van der Waals surface area contributed by atoms with Crippen molar-refractivity contribution in [1.29, 1.82) is 0 Å². The zero-order valence-electron chi connectivity index (χ0n) is 21.4. The van der Waals surface area contributed by atoms with E-state index in [0.29, 0.717) is 44.1 Å². The maximum atomic E-state index is 11.4. The summed E-state index contributed by atoms with van der Waals surface area (Å²) in [6.45, 7) is 4.26. The van der Waals surface area contributed by atoms with Gasteiger partial charge >= 0.3 is 5.97 Å². The van der Waals surface area contributed by atoms with Crippen LogP contribution in [-0.2, 0) is 6.61 Å². The summed E-state index contributed by atoms with van der Waals surface area (Å²) < 4.78 is 17.2. The highest BCUT2D eigenvalue weighted by Crippen LogP contribution is 2.39. The van der Waals surface area contributed by atoms with Crippen molar-refractivity contribution < 1.29 is 23.9 Å². The van der Waals surface area contributed by atoms with Gasteiger partial charge < -0.3 is 19.1 Å². The van der Waals surface area contributed by atoms with Gasteiger partial charge in [0.15, 0.2) is 5.69 Å². The molecule has 198 valence electrons. The number of aromatic carboxylic acids is 1. The van der Waals surface area contributed by atoms with Crippen LogP contribution in [0.25, 0.3) is 33.3 Å². The lowest BCUT2D eigenvalue weighted by Gasteiger charge is -2.12. The maximum absolute atomic E-state index is 11.4. The van der Waals surface area contributed by atoms with Gasteiger partial charge in [-0.1, -0.05) is 66.5 Å². The zero-order valence-corrected chi connectivity index (χ0v) is 22.9. The molecule has 39 heavy (non-hydrogen) atoms. The number of nitrogens with zero attached hydrogens (tertiary/aromatic N) is 2. The first kappa shape index (κ1) is 26.5. The van der Waals surface area contributed by atoms with Crippen LogP contribution in [0.3, 0.4) is 0 Å². The largest absolute Gasteiger partial charge is 0.496 e. The molecule has 0 unspecified atom stereocenters. The maximum Gasteiger partial charge on any atom is 0.354 e. The third-order valence-corrected chi connectivity index (χ3v) is 6.95. The molecule has 5 aromatic rings. The third kappa shape index (κ3) is 5.28. The lowest BCUT2D eigenvalue weighted by Crippen LogP contribution is -2.02. The second kappa shape index (κ2) is 11.0. The van der Waals surface area contributed by atoms with Gasteiger partial charge in [0.1, 0.15) is 29.6 Å². The molecule has 9 heteroatoms. The standard InChI is InChI=1S/C30H24Cl2N2O5/c1-16(2)29-21(28(34-39-29)27-22(31)5-4-6-23(27)32)15-38-19-10-7-17(8-11-19)18-9-12-24-20(13-18)26(37-3)14-25(33-24)30(35)36/h4-14,16H,15H2,1-3H3,(H,35,36). The Morgan fingerprint density at radius 2 is 1.69 bits per heavy atom. The van der Waals surface area contributed by atoms with Crippen LogP contribution >= 0.6 is 23.2 Å². The number of hydrogen-bond acceptors (Lipinski definition) is 6. The number of benzene rings is 3. The second-order valence-electron chi connectivity index (χ2n) is 9.19. The van der Waals surface area contributed by atoms with Crippen LogP contribution in [0.2, 0.25) is 10.0 Å². The highest BCUT2D eigenvalue weighted by molar-refractivity contribution is 6.39. The predicted molar refractivity (Wildman–Crippen MR) is 151 cm³/mol. The Labute approximate surface area is 234 Å². The van der Waals surface area contributed by atoms with E-state index in [4.69, 9.17) is 37.2 Å². The molecule has 0 amide bonds. The number of carbonyl (C=O) groups is 1. The average Bonchev–Trinajstić information content (AvgIpc) is 3.35. The van der Waals surface area contributed by atoms with Gasteiger partial charge in [0.2, 0.25) is 0 Å². The SMILES string of the molecule is COc1cc(C(=O)O)nc2ccc(-c3ccc(OCc4c(-c5c(Cl)cccc5Cl)noc4C(C)C)cc3)cc12. The normalized spacial score (nSPS) is 11.2. The highest BCUT2D eigenvalue weighted by atomic mass is 35.5. The van der Waals surface area contributed by atoms with Gasteiger partial charge in [-0.05, 0) is 47.5 Å². The van der Waals surface area contributed by atoms with Crippen molar-refractivity contribution in [2.24, 2.45) is 0 Å². The lowest BCUT2D eigenvalue weighted by molar-refractivity contribution is 0.0690. The fourth-order valence-corrected chi connectivity index (χ4v) is 4.96. The monoisotopic (exact) mass is 562 g/mol. The van der Waals surface area contributed by atoms with Gasteiger partial charge in [-0.15, -0.1) is 0 Å². The van der Waals surface area contributed by atoms with Crippen LogP contribution in [0.1, 0.15) is 41.6 Å². The molecule has 0 aliphatic rings. The molecule has 2 aromatic heterocycles. The average molecular weight is 563 g/mol. The lowest BCUT2D eigenvalue weighted by atomic mass is 10.0. The Morgan fingerprint density at radius 3 is 2.33 bits per heavy atom. The molecule has 2 heterocycles. The Morgan fingerprint density at radius 1 is 1.00 bits per heavy atom. The number of ether oxygens (including phenoxy) is 2. The van der Waals surface area contributed by atoms with E-state index in [2.05, 4.69) is 10.1 Å². The number of carboxylic acids is 1. The van der Waals surface area contributed by atoms with Crippen LogP contribution in [-0.4, -0.2) is 28.3 Å². The van der Waals surface area contributed by atoms with Gasteiger partial charge in [0, 0.05) is 22.9 Å². The number of pyridine rings is 1. The number of carboxylic acid groups (broad SMARTS) is 1. The van der Waals surface area contributed by atoms with Crippen molar-refractivity contribution in [1.82, 2.24) is 10.1 Å². The van der Waals surface area contributed by atoms with Crippen molar-refractivity contribution >= 4 is 40.1 Å². The number of fused-ring (bicyclic) bond motifs is 1. The third-order valence-electron chi connectivity index (χ3n) is 6.32.